The highest BCUT2D eigenvalue weighted by Gasteiger charge is 2.19. The molecule has 0 amide bonds. The van der Waals surface area contributed by atoms with Gasteiger partial charge >= 0.3 is 0 Å². The first-order chi connectivity index (χ1) is 11.4. The molecule has 0 bridgehead atoms. The number of sulfonamides is 2. The zero-order valence-electron chi connectivity index (χ0n) is 15.6. The van der Waals surface area contributed by atoms with E-state index in [1.54, 1.807) is 25.1 Å². The molecule has 0 saturated heterocycles. The summed E-state index contributed by atoms with van der Waals surface area (Å²) in [6.07, 6.45) is 1.82. The van der Waals surface area contributed by atoms with Gasteiger partial charge in [0.15, 0.2) is 0 Å². The summed E-state index contributed by atoms with van der Waals surface area (Å²) in [5.41, 5.74) is 1.65. The van der Waals surface area contributed by atoms with E-state index in [2.05, 4.69) is 4.72 Å². The number of nitrogens with one attached hydrogen (secondary N) is 1. The predicted molar refractivity (Wildman–Crippen MR) is 101 cm³/mol. The molecule has 1 aromatic rings. The quantitative estimate of drug-likeness (QED) is 0.637. The van der Waals surface area contributed by atoms with Gasteiger partial charge in [-0.3, -0.25) is 0 Å². The predicted octanol–water partition coefficient (Wildman–Crippen LogP) is 0.795. The number of aryl methyl sites for hydroxylation is 2. The molecule has 144 valence electrons. The second-order valence-electron chi connectivity index (χ2n) is 6.49. The van der Waals surface area contributed by atoms with Gasteiger partial charge in [-0.05, 0) is 52.5 Å². The standard InChI is InChI=1S/C16H29N3O4S2/c1-14-7-8-16(15(2)13-14)25(22,23)17-9-12-19(24(5,20)21)11-6-10-18(3)4/h7-8,13,17H,6,9-12H2,1-5H3. The number of rotatable bonds is 10. The molecule has 25 heavy (non-hydrogen) atoms. The fraction of sp³-hybridized carbons (Fsp3) is 0.625. The Hall–Kier alpha value is -1.00. The van der Waals surface area contributed by atoms with E-state index >= 15 is 0 Å². The van der Waals surface area contributed by atoms with Gasteiger partial charge in [-0.25, -0.2) is 25.9 Å². The third kappa shape index (κ3) is 7.41. The normalized spacial score (nSPS) is 12.9. The van der Waals surface area contributed by atoms with Crippen molar-refractivity contribution >= 4 is 20.0 Å². The third-order valence-corrected chi connectivity index (χ3v) is 6.68. The molecule has 0 fully saturated rings. The van der Waals surface area contributed by atoms with Crippen LogP contribution in [0.3, 0.4) is 0 Å². The second kappa shape index (κ2) is 9.09. The molecular weight excluding hydrogens is 362 g/mol. The van der Waals surface area contributed by atoms with Crippen molar-refractivity contribution in [3.8, 4) is 0 Å². The topological polar surface area (TPSA) is 86.8 Å². The van der Waals surface area contributed by atoms with E-state index in [-0.39, 0.29) is 18.0 Å². The Labute approximate surface area is 152 Å². The fourth-order valence-electron chi connectivity index (χ4n) is 2.49. The Morgan fingerprint density at radius 1 is 1.00 bits per heavy atom. The lowest BCUT2D eigenvalue weighted by molar-refractivity contribution is 0.352. The van der Waals surface area contributed by atoms with E-state index < -0.39 is 20.0 Å². The van der Waals surface area contributed by atoms with Gasteiger partial charge in [-0.1, -0.05) is 17.7 Å². The summed E-state index contributed by atoms with van der Waals surface area (Å²) in [6.45, 7) is 4.91. The molecule has 1 aromatic carbocycles. The van der Waals surface area contributed by atoms with E-state index in [9.17, 15) is 16.8 Å². The van der Waals surface area contributed by atoms with E-state index in [0.29, 0.717) is 18.5 Å². The SMILES string of the molecule is Cc1ccc(S(=O)(=O)NCCN(CCCN(C)C)S(C)(=O)=O)c(C)c1. The van der Waals surface area contributed by atoms with Crippen LogP contribution in [0.15, 0.2) is 23.1 Å². The smallest absolute Gasteiger partial charge is 0.240 e. The molecule has 0 aliphatic rings. The number of hydrogen-bond acceptors (Lipinski definition) is 5. The molecular formula is C16H29N3O4S2. The monoisotopic (exact) mass is 391 g/mol. The van der Waals surface area contributed by atoms with Crippen LogP contribution in [0, 0.1) is 13.8 Å². The first kappa shape index (κ1) is 22.0. The third-order valence-electron chi connectivity index (χ3n) is 3.76. The molecule has 7 nitrogen and oxygen atoms in total. The van der Waals surface area contributed by atoms with E-state index in [0.717, 1.165) is 18.4 Å². The summed E-state index contributed by atoms with van der Waals surface area (Å²) in [7, 11) is -3.20. The van der Waals surface area contributed by atoms with Crippen LogP contribution in [0.2, 0.25) is 0 Å². The first-order valence-electron chi connectivity index (χ1n) is 8.10. The van der Waals surface area contributed by atoms with Gasteiger partial charge in [0.05, 0.1) is 11.2 Å². The summed E-state index contributed by atoms with van der Waals surface area (Å²) in [5, 5.41) is 0. The van der Waals surface area contributed by atoms with Crippen molar-refractivity contribution < 1.29 is 16.8 Å². The van der Waals surface area contributed by atoms with Crippen LogP contribution in [-0.4, -0.2) is 72.6 Å². The first-order valence-corrected chi connectivity index (χ1v) is 11.4. The molecule has 0 spiro atoms. The minimum Gasteiger partial charge on any atom is -0.309 e. The van der Waals surface area contributed by atoms with Gasteiger partial charge in [0.2, 0.25) is 20.0 Å². The van der Waals surface area contributed by atoms with Crippen molar-refractivity contribution in [3.05, 3.63) is 29.3 Å². The van der Waals surface area contributed by atoms with Gasteiger partial charge in [0, 0.05) is 19.6 Å². The second-order valence-corrected chi connectivity index (χ2v) is 10.2. The Morgan fingerprint density at radius 2 is 1.64 bits per heavy atom. The molecule has 0 unspecified atom stereocenters. The van der Waals surface area contributed by atoms with Crippen LogP contribution < -0.4 is 4.72 Å². The number of nitrogens with zero attached hydrogens (tertiary/aromatic N) is 2. The summed E-state index contributed by atoms with van der Waals surface area (Å²) in [5.74, 6) is 0. The number of benzene rings is 1. The number of hydrogen-bond donors (Lipinski definition) is 1. The lowest BCUT2D eigenvalue weighted by Gasteiger charge is -2.21. The maximum atomic E-state index is 12.4. The van der Waals surface area contributed by atoms with Crippen LogP contribution in [-0.2, 0) is 20.0 Å². The van der Waals surface area contributed by atoms with Crippen LogP contribution in [0.25, 0.3) is 0 Å². The molecule has 0 aliphatic heterocycles. The summed E-state index contributed by atoms with van der Waals surface area (Å²) < 4.78 is 52.3. The van der Waals surface area contributed by atoms with Crippen LogP contribution in [0.4, 0.5) is 0 Å². The van der Waals surface area contributed by atoms with Gasteiger partial charge in [-0.15, -0.1) is 0 Å². The Bertz CT molecular complexity index is 775. The van der Waals surface area contributed by atoms with Crippen molar-refractivity contribution in [2.45, 2.75) is 25.2 Å². The van der Waals surface area contributed by atoms with Crippen molar-refractivity contribution in [2.24, 2.45) is 0 Å². The summed E-state index contributed by atoms with van der Waals surface area (Å²) in [4.78, 5) is 2.19. The Kier molecular flexibility index (Phi) is 8.01. The van der Waals surface area contributed by atoms with Crippen LogP contribution in [0.1, 0.15) is 17.5 Å². The van der Waals surface area contributed by atoms with Crippen molar-refractivity contribution in [2.75, 3.05) is 46.5 Å². The van der Waals surface area contributed by atoms with Gasteiger partial charge < -0.3 is 4.90 Å². The highest BCUT2D eigenvalue weighted by Crippen LogP contribution is 2.16. The molecule has 9 heteroatoms. The van der Waals surface area contributed by atoms with E-state index in [4.69, 9.17) is 0 Å². The molecule has 1 N–H and O–H groups in total. The maximum Gasteiger partial charge on any atom is 0.240 e. The summed E-state index contributed by atoms with van der Waals surface area (Å²) in [6, 6.07) is 5.11. The Balaban J connectivity index is 2.70. The molecule has 0 saturated carbocycles. The average Bonchev–Trinajstić information content (AvgIpc) is 2.43. The van der Waals surface area contributed by atoms with Crippen LogP contribution >= 0.6 is 0 Å². The van der Waals surface area contributed by atoms with Gasteiger partial charge in [-0.2, -0.15) is 0 Å². The van der Waals surface area contributed by atoms with Crippen molar-refractivity contribution in [1.29, 1.82) is 0 Å². The molecule has 0 radical (unpaired) electrons. The maximum absolute atomic E-state index is 12.4. The van der Waals surface area contributed by atoms with E-state index in [1.807, 2.05) is 25.9 Å². The Morgan fingerprint density at radius 3 is 2.16 bits per heavy atom. The van der Waals surface area contributed by atoms with E-state index in [1.165, 1.54) is 4.31 Å². The summed E-state index contributed by atoms with van der Waals surface area (Å²) >= 11 is 0. The molecule has 0 aromatic heterocycles. The zero-order chi connectivity index (χ0) is 19.3. The highest BCUT2D eigenvalue weighted by atomic mass is 32.2. The molecule has 0 atom stereocenters. The van der Waals surface area contributed by atoms with Gasteiger partial charge in [0.25, 0.3) is 0 Å². The molecule has 1 rings (SSSR count). The largest absolute Gasteiger partial charge is 0.309 e. The minimum atomic E-state index is -3.66. The highest BCUT2D eigenvalue weighted by molar-refractivity contribution is 7.89. The molecule has 0 heterocycles. The van der Waals surface area contributed by atoms with Crippen LogP contribution in [0.5, 0.6) is 0 Å². The van der Waals surface area contributed by atoms with Gasteiger partial charge in [0.1, 0.15) is 0 Å². The zero-order valence-corrected chi connectivity index (χ0v) is 17.2. The lowest BCUT2D eigenvalue weighted by Crippen LogP contribution is -2.39. The van der Waals surface area contributed by atoms with Crippen molar-refractivity contribution in [3.63, 3.8) is 0 Å². The van der Waals surface area contributed by atoms with Crippen molar-refractivity contribution in [1.82, 2.24) is 13.9 Å². The fourth-order valence-corrected chi connectivity index (χ4v) is 4.62. The molecule has 0 aliphatic carbocycles. The lowest BCUT2D eigenvalue weighted by atomic mass is 10.2. The minimum absolute atomic E-state index is 0.0324. The average molecular weight is 392 g/mol.